The van der Waals surface area contributed by atoms with Crippen LogP contribution in [0.3, 0.4) is 0 Å². The van der Waals surface area contributed by atoms with E-state index in [-0.39, 0.29) is 42.6 Å². The van der Waals surface area contributed by atoms with E-state index in [1.807, 2.05) is 6.92 Å². The van der Waals surface area contributed by atoms with Crippen molar-refractivity contribution in [2.75, 3.05) is 19.9 Å². The van der Waals surface area contributed by atoms with Gasteiger partial charge in [-0.25, -0.2) is 22.2 Å². The number of pyridine rings is 1. The lowest BCUT2D eigenvalue weighted by Crippen LogP contribution is -2.48. The van der Waals surface area contributed by atoms with Gasteiger partial charge in [0.2, 0.25) is 5.88 Å². The molecule has 0 amide bonds. The minimum atomic E-state index is -3.43. The molecular weight excluding hydrogens is 554 g/mol. The molecule has 1 saturated heterocycles. The zero-order chi connectivity index (χ0) is 27.9. The van der Waals surface area contributed by atoms with E-state index in [4.69, 9.17) is 4.74 Å². The van der Waals surface area contributed by atoms with Crippen LogP contribution in [0.5, 0.6) is 5.88 Å². The molecule has 1 fully saturated rings. The Bertz CT molecular complexity index is 1650. The predicted octanol–water partition coefficient (Wildman–Crippen LogP) is 5.33. The minimum Gasteiger partial charge on any atom is -0.481 e. The van der Waals surface area contributed by atoms with E-state index in [0.29, 0.717) is 35.0 Å². The molecule has 3 atom stereocenters. The highest BCUT2D eigenvalue weighted by Gasteiger charge is 2.45. The average Bonchev–Trinajstić information content (AvgIpc) is 2.88. The quantitative estimate of drug-likeness (QED) is 0.318. The first kappa shape index (κ1) is 29.9. The highest BCUT2D eigenvalue weighted by molar-refractivity contribution is 7.90. The summed E-state index contributed by atoms with van der Waals surface area (Å²) in [7, 11) is -1.94. The van der Waals surface area contributed by atoms with E-state index in [0.717, 1.165) is 17.4 Å². The third kappa shape index (κ3) is 5.85. The van der Waals surface area contributed by atoms with Crippen LogP contribution in [-0.2, 0) is 9.84 Å². The van der Waals surface area contributed by atoms with Gasteiger partial charge >= 0.3 is 0 Å². The van der Waals surface area contributed by atoms with E-state index >= 15 is 0 Å². The normalized spacial score (nSPS) is 20.1. The first-order chi connectivity index (χ1) is 18.5. The molecule has 6 nitrogen and oxygen atoms in total. The Morgan fingerprint density at radius 1 is 1.05 bits per heavy atom. The number of hydrogen-bond acceptors (Lipinski definition) is 6. The molecule has 5 rings (SSSR count). The molecule has 4 aromatic rings. The molecule has 1 aromatic heterocycles. The lowest BCUT2D eigenvalue weighted by molar-refractivity contribution is -0.0197. The van der Waals surface area contributed by atoms with Crippen molar-refractivity contribution in [3.8, 4) is 5.88 Å². The maximum absolute atomic E-state index is 14.2. The molecule has 10 heteroatoms. The molecule has 3 aromatic carbocycles. The first-order valence-electron chi connectivity index (χ1n) is 12.6. The predicted molar refractivity (Wildman–Crippen MR) is 156 cm³/mol. The van der Waals surface area contributed by atoms with Crippen LogP contribution in [0.25, 0.3) is 10.9 Å². The zero-order valence-corrected chi connectivity index (χ0v) is 24.2. The lowest BCUT2D eigenvalue weighted by Gasteiger charge is -2.44. The van der Waals surface area contributed by atoms with Gasteiger partial charge in [-0.05, 0) is 91.5 Å². The summed E-state index contributed by atoms with van der Waals surface area (Å²) in [4.78, 5) is 4.77. The van der Waals surface area contributed by atoms with Crippen LogP contribution in [0.2, 0.25) is 0 Å². The van der Waals surface area contributed by atoms with E-state index in [2.05, 4.69) is 10.3 Å². The molecular formula is C30H32F2N2O4S2. The van der Waals surface area contributed by atoms with E-state index in [1.54, 1.807) is 30.3 Å². The number of ether oxygens (including phenoxy) is 1. The molecule has 1 aliphatic rings. The number of hydrogen-bond donors (Lipinski definition) is 2. The molecule has 2 N–H and O–H groups in total. The van der Waals surface area contributed by atoms with Crippen LogP contribution in [0.4, 0.5) is 8.78 Å². The molecule has 2 heterocycles. The standard InChI is InChI=1S/C30H30F2N2O4S.H2S/c1-18-14-21(31)6-10-24(18)27-17-30(35,12-13-33-27)28(19-4-8-23(9-5-19)39(3,36)37)25-16-20-15-22(32)7-11-26(20)34-29(25)38-2;/h4-11,14-16,27-28,33,35H,12-13,17H2,1-3H3;1H2. The molecule has 212 valence electrons. The second kappa shape index (κ2) is 11.4. The van der Waals surface area contributed by atoms with Crippen LogP contribution >= 0.6 is 13.5 Å². The van der Waals surface area contributed by atoms with Crippen LogP contribution in [0.15, 0.2) is 71.6 Å². The molecule has 0 aliphatic carbocycles. The Kier molecular flexibility index (Phi) is 8.56. The summed E-state index contributed by atoms with van der Waals surface area (Å²) in [5, 5.41) is 16.4. The number of rotatable bonds is 6. The Morgan fingerprint density at radius 2 is 1.73 bits per heavy atom. The fraction of sp³-hybridized carbons (Fsp3) is 0.300. The topological polar surface area (TPSA) is 88.5 Å². The summed E-state index contributed by atoms with van der Waals surface area (Å²) >= 11 is 0. The summed E-state index contributed by atoms with van der Waals surface area (Å²) in [6.07, 6.45) is 1.79. The number of nitrogens with zero attached hydrogens (tertiary/aromatic N) is 1. The Hall–Kier alpha value is -3.05. The molecule has 0 radical (unpaired) electrons. The van der Waals surface area contributed by atoms with Crippen molar-refractivity contribution >= 4 is 34.2 Å². The maximum Gasteiger partial charge on any atom is 0.217 e. The van der Waals surface area contributed by atoms with Crippen molar-refractivity contribution in [2.24, 2.45) is 0 Å². The fourth-order valence-electron chi connectivity index (χ4n) is 5.71. The number of piperidine rings is 1. The van der Waals surface area contributed by atoms with Gasteiger partial charge in [-0.15, -0.1) is 0 Å². The fourth-order valence-corrected chi connectivity index (χ4v) is 6.34. The van der Waals surface area contributed by atoms with Crippen molar-refractivity contribution in [1.82, 2.24) is 10.3 Å². The molecule has 0 bridgehead atoms. The first-order valence-corrected chi connectivity index (χ1v) is 14.5. The van der Waals surface area contributed by atoms with Gasteiger partial charge in [0, 0.05) is 29.2 Å². The lowest BCUT2D eigenvalue weighted by atomic mass is 9.70. The van der Waals surface area contributed by atoms with Gasteiger partial charge in [0.1, 0.15) is 11.6 Å². The number of halogens is 2. The molecule has 40 heavy (non-hydrogen) atoms. The van der Waals surface area contributed by atoms with Crippen molar-refractivity contribution < 1.29 is 27.0 Å². The maximum atomic E-state index is 14.2. The second-order valence-electron chi connectivity index (χ2n) is 10.3. The molecule has 0 saturated carbocycles. The third-order valence-electron chi connectivity index (χ3n) is 7.57. The average molecular weight is 587 g/mol. The highest BCUT2D eigenvalue weighted by atomic mass is 32.2. The summed E-state index contributed by atoms with van der Waals surface area (Å²) < 4.78 is 57.9. The minimum absolute atomic E-state index is 0. The van der Waals surface area contributed by atoms with Crippen LogP contribution in [0, 0.1) is 18.6 Å². The summed E-state index contributed by atoms with van der Waals surface area (Å²) in [5.74, 6) is -1.15. The van der Waals surface area contributed by atoms with Crippen LogP contribution in [0.1, 0.15) is 47.1 Å². The number of aromatic nitrogens is 1. The van der Waals surface area contributed by atoms with Gasteiger partial charge in [-0.2, -0.15) is 13.5 Å². The Morgan fingerprint density at radius 3 is 2.38 bits per heavy atom. The monoisotopic (exact) mass is 586 g/mol. The molecule has 3 unspecified atom stereocenters. The van der Waals surface area contributed by atoms with E-state index < -0.39 is 27.2 Å². The summed E-state index contributed by atoms with van der Waals surface area (Å²) in [6.45, 7) is 2.31. The van der Waals surface area contributed by atoms with Crippen molar-refractivity contribution in [2.45, 2.75) is 42.2 Å². The van der Waals surface area contributed by atoms with Gasteiger partial charge in [-0.1, -0.05) is 18.2 Å². The van der Waals surface area contributed by atoms with Gasteiger partial charge in [0.25, 0.3) is 0 Å². The third-order valence-corrected chi connectivity index (χ3v) is 8.69. The molecule has 1 aliphatic heterocycles. The number of nitrogens with one attached hydrogen (secondary N) is 1. The van der Waals surface area contributed by atoms with Crippen molar-refractivity contribution in [3.05, 3.63) is 101 Å². The van der Waals surface area contributed by atoms with E-state index in [1.165, 1.54) is 43.5 Å². The van der Waals surface area contributed by atoms with Gasteiger partial charge < -0.3 is 15.2 Å². The number of aliphatic hydroxyl groups is 1. The second-order valence-corrected chi connectivity index (χ2v) is 12.3. The summed E-state index contributed by atoms with van der Waals surface area (Å²) in [5.41, 5.74) is 2.08. The smallest absolute Gasteiger partial charge is 0.217 e. The van der Waals surface area contributed by atoms with Crippen LogP contribution in [-0.4, -0.2) is 44.0 Å². The molecule has 0 spiro atoms. The number of aryl methyl sites for hydroxylation is 1. The number of benzene rings is 3. The Balaban J connectivity index is 0.00000370. The summed E-state index contributed by atoms with van der Waals surface area (Å²) in [6, 6.07) is 16.8. The van der Waals surface area contributed by atoms with Gasteiger partial charge in [-0.3, -0.25) is 0 Å². The number of sulfone groups is 1. The van der Waals surface area contributed by atoms with E-state index in [9.17, 15) is 22.3 Å². The van der Waals surface area contributed by atoms with Gasteiger partial charge in [0.15, 0.2) is 9.84 Å². The highest BCUT2D eigenvalue weighted by Crippen LogP contribution is 2.47. The van der Waals surface area contributed by atoms with Crippen LogP contribution < -0.4 is 10.1 Å². The van der Waals surface area contributed by atoms with Gasteiger partial charge in [0.05, 0.1) is 23.1 Å². The largest absolute Gasteiger partial charge is 0.481 e. The Labute approximate surface area is 239 Å². The van der Waals surface area contributed by atoms with Crippen molar-refractivity contribution in [1.29, 1.82) is 0 Å². The zero-order valence-electron chi connectivity index (χ0n) is 22.4. The SMILES string of the molecule is COc1nc2ccc(F)cc2cc1C(c1ccc(S(C)(=O)=O)cc1)C1(O)CCNC(c2ccc(F)cc2C)C1.S. The number of fused-ring (bicyclic) bond motifs is 1. The number of methoxy groups -OCH3 is 1. The van der Waals surface area contributed by atoms with Crippen molar-refractivity contribution in [3.63, 3.8) is 0 Å².